The number of fused-ring (bicyclic) bond motifs is 1. The van der Waals surface area contributed by atoms with E-state index in [1.54, 1.807) is 0 Å². The van der Waals surface area contributed by atoms with Gasteiger partial charge >= 0.3 is 0 Å². The first-order chi connectivity index (χ1) is 13.4. The van der Waals surface area contributed by atoms with Crippen LogP contribution in [0.3, 0.4) is 0 Å². The van der Waals surface area contributed by atoms with Crippen molar-refractivity contribution < 1.29 is 14.4 Å². The lowest BCUT2D eigenvalue weighted by molar-refractivity contribution is -0.128. The number of H-pyrrole nitrogens is 1. The topological polar surface area (TPSA) is 143 Å². The third-order valence-corrected chi connectivity index (χ3v) is 4.63. The molecular formula is C20H29N5O3. The first-order valence-corrected chi connectivity index (χ1v) is 9.58. The van der Waals surface area contributed by atoms with Gasteiger partial charge in [-0.3, -0.25) is 14.4 Å². The Balaban J connectivity index is 0.000000409. The van der Waals surface area contributed by atoms with E-state index in [4.69, 9.17) is 11.5 Å². The Morgan fingerprint density at radius 3 is 2.57 bits per heavy atom. The molecule has 2 aromatic rings. The summed E-state index contributed by atoms with van der Waals surface area (Å²) in [5.41, 5.74) is 12.2. The van der Waals surface area contributed by atoms with Gasteiger partial charge in [-0.2, -0.15) is 0 Å². The van der Waals surface area contributed by atoms with Crippen molar-refractivity contribution >= 4 is 28.6 Å². The van der Waals surface area contributed by atoms with E-state index in [0.717, 1.165) is 42.3 Å². The standard InChI is InChI=1S/C16H20N4O2.C4H9NO/c17-15(21)14(20-16(22)13-6-3-7-18-13)8-10-9-19-12-5-2-1-4-11(10)12;1-2-3-4(5)6/h1-2,4-5,9,13-14,18-19H,3,6-8H2,(H2,17,21)(H,20,22);2-3H2,1H3,(H2,5,6). The second-order valence-electron chi connectivity index (χ2n) is 6.89. The molecule has 0 spiro atoms. The number of para-hydroxylation sites is 1. The van der Waals surface area contributed by atoms with Crippen molar-refractivity contribution in [1.29, 1.82) is 0 Å². The zero-order valence-corrected chi connectivity index (χ0v) is 16.2. The predicted octanol–water partition coefficient (Wildman–Crippen LogP) is 0.704. The van der Waals surface area contributed by atoms with Crippen LogP contribution in [0.25, 0.3) is 10.9 Å². The maximum absolute atomic E-state index is 12.2. The molecule has 1 aromatic heterocycles. The minimum Gasteiger partial charge on any atom is -0.370 e. The molecule has 2 atom stereocenters. The minimum absolute atomic E-state index is 0.152. The van der Waals surface area contributed by atoms with E-state index in [1.807, 2.05) is 37.4 Å². The van der Waals surface area contributed by atoms with Gasteiger partial charge in [-0.1, -0.05) is 25.1 Å². The van der Waals surface area contributed by atoms with E-state index in [1.165, 1.54) is 0 Å². The lowest BCUT2D eigenvalue weighted by Gasteiger charge is -2.18. The summed E-state index contributed by atoms with van der Waals surface area (Å²) in [7, 11) is 0. The summed E-state index contributed by atoms with van der Waals surface area (Å²) < 4.78 is 0. The SMILES string of the molecule is CCCC(N)=O.NC(=O)C(Cc1c[nH]c2ccccc12)NC(=O)C1CCCN1. The van der Waals surface area contributed by atoms with Crippen LogP contribution in [0.4, 0.5) is 0 Å². The third kappa shape index (κ3) is 6.09. The van der Waals surface area contributed by atoms with E-state index < -0.39 is 11.9 Å². The second-order valence-corrected chi connectivity index (χ2v) is 6.89. The number of nitrogens with one attached hydrogen (secondary N) is 3. The van der Waals surface area contributed by atoms with Crippen molar-refractivity contribution in [2.75, 3.05) is 6.54 Å². The molecule has 1 fully saturated rings. The fourth-order valence-corrected chi connectivity index (χ4v) is 3.17. The summed E-state index contributed by atoms with van der Waals surface area (Å²) in [6.45, 7) is 2.76. The fraction of sp³-hybridized carbons (Fsp3) is 0.450. The molecule has 0 radical (unpaired) electrons. The number of nitrogens with two attached hydrogens (primary N) is 2. The van der Waals surface area contributed by atoms with E-state index in [0.29, 0.717) is 12.8 Å². The normalized spacial score (nSPS) is 16.8. The molecule has 7 N–H and O–H groups in total. The van der Waals surface area contributed by atoms with Crippen LogP contribution in [0, 0.1) is 0 Å². The highest BCUT2D eigenvalue weighted by Gasteiger charge is 2.26. The number of hydrogen-bond acceptors (Lipinski definition) is 4. The number of benzene rings is 1. The number of rotatable bonds is 7. The molecule has 1 aliphatic heterocycles. The lowest BCUT2D eigenvalue weighted by Crippen LogP contribution is -2.51. The summed E-state index contributed by atoms with van der Waals surface area (Å²) in [4.78, 5) is 36.8. The number of carbonyl (C=O) groups excluding carboxylic acids is 3. The molecule has 3 amide bonds. The maximum atomic E-state index is 12.2. The Hall–Kier alpha value is -2.87. The highest BCUT2D eigenvalue weighted by atomic mass is 16.2. The molecule has 1 saturated heterocycles. The Labute approximate surface area is 164 Å². The Morgan fingerprint density at radius 2 is 2.00 bits per heavy atom. The molecule has 0 bridgehead atoms. The van der Waals surface area contributed by atoms with Crippen molar-refractivity contribution in [3.8, 4) is 0 Å². The highest BCUT2D eigenvalue weighted by Crippen LogP contribution is 2.19. The molecule has 3 rings (SSSR count). The summed E-state index contributed by atoms with van der Waals surface area (Å²) in [6, 6.07) is 6.93. The summed E-state index contributed by atoms with van der Waals surface area (Å²) >= 11 is 0. The van der Waals surface area contributed by atoms with Crippen LogP contribution >= 0.6 is 0 Å². The van der Waals surface area contributed by atoms with Gasteiger partial charge in [-0.25, -0.2) is 0 Å². The van der Waals surface area contributed by atoms with E-state index in [9.17, 15) is 14.4 Å². The van der Waals surface area contributed by atoms with Crippen LogP contribution in [0.15, 0.2) is 30.5 Å². The Kier molecular flexibility index (Phi) is 8.01. The van der Waals surface area contributed by atoms with E-state index >= 15 is 0 Å². The van der Waals surface area contributed by atoms with Crippen molar-refractivity contribution in [2.24, 2.45) is 11.5 Å². The second kappa shape index (κ2) is 10.5. The largest absolute Gasteiger partial charge is 0.370 e. The van der Waals surface area contributed by atoms with Gasteiger partial charge in [0, 0.05) is 29.9 Å². The molecule has 152 valence electrons. The number of primary amides is 2. The van der Waals surface area contributed by atoms with Gasteiger partial charge in [0.2, 0.25) is 17.7 Å². The Morgan fingerprint density at radius 1 is 1.25 bits per heavy atom. The van der Waals surface area contributed by atoms with Crippen LogP contribution < -0.4 is 22.1 Å². The van der Waals surface area contributed by atoms with Crippen LogP contribution in [-0.2, 0) is 20.8 Å². The smallest absolute Gasteiger partial charge is 0.240 e. The van der Waals surface area contributed by atoms with Gasteiger partial charge in [0.1, 0.15) is 6.04 Å². The van der Waals surface area contributed by atoms with Crippen molar-refractivity contribution in [1.82, 2.24) is 15.6 Å². The molecule has 2 heterocycles. The molecule has 2 unspecified atom stereocenters. The number of aromatic nitrogens is 1. The minimum atomic E-state index is -0.700. The average Bonchev–Trinajstić information content (AvgIpc) is 3.32. The van der Waals surface area contributed by atoms with Gasteiger partial charge in [-0.05, 0) is 37.4 Å². The van der Waals surface area contributed by atoms with Gasteiger partial charge < -0.3 is 27.1 Å². The van der Waals surface area contributed by atoms with E-state index in [-0.39, 0.29) is 17.9 Å². The van der Waals surface area contributed by atoms with Crippen LogP contribution in [0.1, 0.15) is 38.2 Å². The number of amides is 3. The summed E-state index contributed by atoms with van der Waals surface area (Å²) in [5.74, 6) is -0.879. The van der Waals surface area contributed by atoms with Crippen molar-refractivity contribution in [3.63, 3.8) is 0 Å². The van der Waals surface area contributed by atoms with Crippen LogP contribution in [-0.4, -0.2) is 41.3 Å². The molecular weight excluding hydrogens is 358 g/mol. The zero-order valence-electron chi connectivity index (χ0n) is 16.2. The fourth-order valence-electron chi connectivity index (χ4n) is 3.17. The maximum Gasteiger partial charge on any atom is 0.240 e. The summed E-state index contributed by atoms with van der Waals surface area (Å²) in [6.07, 6.45) is 5.39. The third-order valence-electron chi connectivity index (χ3n) is 4.63. The van der Waals surface area contributed by atoms with Gasteiger partial charge in [-0.15, -0.1) is 0 Å². The number of hydrogen-bond donors (Lipinski definition) is 5. The van der Waals surface area contributed by atoms with Gasteiger partial charge in [0.15, 0.2) is 0 Å². The van der Waals surface area contributed by atoms with E-state index in [2.05, 4.69) is 15.6 Å². The molecule has 8 nitrogen and oxygen atoms in total. The van der Waals surface area contributed by atoms with Crippen molar-refractivity contribution in [2.45, 2.75) is 51.1 Å². The highest BCUT2D eigenvalue weighted by molar-refractivity contribution is 5.90. The van der Waals surface area contributed by atoms with Crippen LogP contribution in [0.5, 0.6) is 0 Å². The molecule has 0 saturated carbocycles. The quantitative estimate of drug-likeness (QED) is 0.476. The Bertz CT molecular complexity index is 811. The first kappa shape index (κ1) is 21.4. The molecule has 1 aromatic carbocycles. The molecule has 28 heavy (non-hydrogen) atoms. The molecule has 8 heteroatoms. The average molecular weight is 387 g/mol. The number of aromatic amines is 1. The number of carbonyl (C=O) groups is 3. The van der Waals surface area contributed by atoms with Crippen LogP contribution in [0.2, 0.25) is 0 Å². The van der Waals surface area contributed by atoms with Gasteiger partial charge in [0.05, 0.1) is 6.04 Å². The molecule has 0 aliphatic carbocycles. The predicted molar refractivity (Wildman–Crippen MR) is 108 cm³/mol. The van der Waals surface area contributed by atoms with Crippen molar-refractivity contribution in [3.05, 3.63) is 36.0 Å². The lowest BCUT2D eigenvalue weighted by atomic mass is 10.0. The first-order valence-electron chi connectivity index (χ1n) is 9.58. The summed E-state index contributed by atoms with van der Waals surface area (Å²) in [5, 5.41) is 6.93. The van der Waals surface area contributed by atoms with Gasteiger partial charge in [0.25, 0.3) is 0 Å². The zero-order chi connectivity index (χ0) is 20.5. The monoisotopic (exact) mass is 387 g/mol. The molecule has 1 aliphatic rings.